The van der Waals surface area contributed by atoms with Gasteiger partial charge in [-0.25, -0.2) is 9.59 Å². The van der Waals surface area contributed by atoms with Gasteiger partial charge in [0.25, 0.3) is 0 Å². The second kappa shape index (κ2) is 7.47. The molecule has 1 N–H and O–H groups in total. The van der Waals surface area contributed by atoms with E-state index < -0.39 is 17.6 Å². The second-order valence-corrected chi connectivity index (χ2v) is 6.58. The Labute approximate surface area is 157 Å². The molecule has 2 heterocycles. The van der Waals surface area contributed by atoms with E-state index in [9.17, 15) is 19.6 Å². The number of fused-ring (bicyclic) bond motifs is 1. The van der Waals surface area contributed by atoms with Crippen LogP contribution in [0.1, 0.15) is 27.7 Å². The predicted octanol–water partition coefficient (Wildman–Crippen LogP) is 2.65. The molecule has 0 spiro atoms. The van der Waals surface area contributed by atoms with Gasteiger partial charge >= 0.3 is 11.7 Å². The summed E-state index contributed by atoms with van der Waals surface area (Å²) in [5.41, 5.74) is 1.51. The van der Waals surface area contributed by atoms with Crippen molar-refractivity contribution in [1.29, 1.82) is 5.26 Å². The van der Waals surface area contributed by atoms with Crippen LogP contribution in [0.2, 0.25) is 0 Å². The number of nitriles is 1. The highest BCUT2D eigenvalue weighted by Gasteiger charge is 2.22. The summed E-state index contributed by atoms with van der Waals surface area (Å²) in [6.07, 6.45) is 0. The normalized spacial score (nSPS) is 10.6. The Bertz CT molecular complexity index is 1130. The summed E-state index contributed by atoms with van der Waals surface area (Å²) in [6, 6.07) is 8.74. The minimum atomic E-state index is -0.651. The number of amides is 1. The van der Waals surface area contributed by atoms with Crippen LogP contribution in [-0.4, -0.2) is 23.1 Å². The van der Waals surface area contributed by atoms with Crippen LogP contribution in [0.5, 0.6) is 0 Å². The van der Waals surface area contributed by atoms with E-state index in [1.54, 1.807) is 38.1 Å². The molecular weight excluding hydrogens is 370 g/mol. The highest BCUT2D eigenvalue weighted by atomic mass is 32.1. The number of aromatic nitrogens is 1. The van der Waals surface area contributed by atoms with Crippen LogP contribution in [0.4, 0.5) is 5.00 Å². The summed E-state index contributed by atoms with van der Waals surface area (Å²) in [5.74, 6) is -1.72. The first kappa shape index (κ1) is 18.4. The van der Waals surface area contributed by atoms with Gasteiger partial charge in [-0.3, -0.25) is 9.36 Å². The van der Waals surface area contributed by atoms with Crippen molar-refractivity contribution in [1.82, 2.24) is 4.57 Å². The first-order chi connectivity index (χ1) is 13.0. The molecule has 9 heteroatoms. The molecule has 0 saturated carbocycles. The molecule has 0 aliphatic carbocycles. The number of para-hydroxylation sites is 2. The molecule has 0 fully saturated rings. The van der Waals surface area contributed by atoms with E-state index in [0.29, 0.717) is 16.7 Å². The summed E-state index contributed by atoms with van der Waals surface area (Å²) in [5, 5.41) is 12.2. The van der Waals surface area contributed by atoms with Gasteiger partial charge in [-0.2, -0.15) is 5.26 Å². The average Bonchev–Trinajstić information content (AvgIpc) is 3.12. The predicted molar refractivity (Wildman–Crippen MR) is 98.8 cm³/mol. The van der Waals surface area contributed by atoms with Gasteiger partial charge in [-0.1, -0.05) is 12.1 Å². The number of hydrogen-bond acceptors (Lipinski definition) is 7. The SMILES string of the molecule is CCOC(=O)c1sc(NC(=O)Cn2c(=O)oc3ccccc32)c(C#N)c1C. The molecule has 1 aromatic carbocycles. The number of ether oxygens (including phenoxy) is 1. The number of oxazole rings is 1. The fourth-order valence-corrected chi connectivity index (χ4v) is 3.67. The number of anilines is 1. The zero-order chi connectivity index (χ0) is 19.6. The van der Waals surface area contributed by atoms with Gasteiger partial charge < -0.3 is 14.5 Å². The Morgan fingerprint density at radius 1 is 1.37 bits per heavy atom. The lowest BCUT2D eigenvalue weighted by atomic mass is 10.2. The fraction of sp³-hybridized carbons (Fsp3) is 0.222. The van der Waals surface area contributed by atoms with Crippen molar-refractivity contribution in [2.24, 2.45) is 0 Å². The van der Waals surface area contributed by atoms with Crippen molar-refractivity contribution in [2.45, 2.75) is 20.4 Å². The molecule has 1 amide bonds. The molecule has 0 radical (unpaired) electrons. The average molecular weight is 385 g/mol. The Balaban J connectivity index is 1.87. The lowest BCUT2D eigenvalue weighted by molar-refractivity contribution is -0.116. The minimum absolute atomic E-state index is 0.195. The van der Waals surface area contributed by atoms with E-state index in [2.05, 4.69) is 5.32 Å². The monoisotopic (exact) mass is 385 g/mol. The lowest BCUT2D eigenvalue weighted by Crippen LogP contribution is -2.24. The third-order valence-electron chi connectivity index (χ3n) is 3.85. The van der Waals surface area contributed by atoms with Gasteiger partial charge in [-0.05, 0) is 31.5 Å². The van der Waals surface area contributed by atoms with Crippen LogP contribution in [0.3, 0.4) is 0 Å². The standard InChI is InChI=1S/C18H15N3O5S/c1-3-25-17(23)15-10(2)11(8-19)16(27-15)20-14(22)9-21-12-6-4-5-7-13(12)26-18(21)24/h4-7H,3,9H2,1-2H3,(H,20,22). The maximum absolute atomic E-state index is 12.4. The molecule has 0 unspecified atom stereocenters. The molecule has 8 nitrogen and oxygen atoms in total. The van der Waals surface area contributed by atoms with E-state index in [4.69, 9.17) is 9.15 Å². The van der Waals surface area contributed by atoms with E-state index >= 15 is 0 Å². The molecule has 3 aromatic rings. The van der Waals surface area contributed by atoms with Gasteiger partial charge in [0.15, 0.2) is 5.58 Å². The molecule has 3 rings (SSSR count). The van der Waals surface area contributed by atoms with Crippen molar-refractivity contribution in [2.75, 3.05) is 11.9 Å². The van der Waals surface area contributed by atoms with Gasteiger partial charge in [0.05, 0.1) is 17.7 Å². The van der Waals surface area contributed by atoms with Crippen LogP contribution in [0, 0.1) is 18.3 Å². The molecule has 0 aliphatic rings. The first-order valence-electron chi connectivity index (χ1n) is 8.05. The van der Waals surface area contributed by atoms with Crippen molar-refractivity contribution in [3.8, 4) is 6.07 Å². The van der Waals surface area contributed by atoms with E-state index in [-0.39, 0.29) is 28.6 Å². The van der Waals surface area contributed by atoms with Gasteiger partial charge in [0.1, 0.15) is 22.5 Å². The van der Waals surface area contributed by atoms with Crippen molar-refractivity contribution >= 4 is 39.3 Å². The number of carbonyl (C=O) groups is 2. The lowest BCUT2D eigenvalue weighted by Gasteiger charge is -2.04. The molecule has 0 atom stereocenters. The molecule has 138 valence electrons. The zero-order valence-corrected chi connectivity index (χ0v) is 15.4. The highest BCUT2D eigenvalue weighted by Crippen LogP contribution is 2.33. The smallest absolute Gasteiger partial charge is 0.420 e. The Hall–Kier alpha value is -3.38. The van der Waals surface area contributed by atoms with Crippen LogP contribution in [0.25, 0.3) is 11.1 Å². The summed E-state index contributed by atoms with van der Waals surface area (Å²) in [7, 11) is 0. The number of nitrogens with zero attached hydrogens (tertiary/aromatic N) is 2. The Morgan fingerprint density at radius 3 is 2.81 bits per heavy atom. The number of benzene rings is 1. The van der Waals surface area contributed by atoms with E-state index in [1.807, 2.05) is 6.07 Å². The van der Waals surface area contributed by atoms with Crippen molar-refractivity contribution < 1.29 is 18.7 Å². The summed E-state index contributed by atoms with van der Waals surface area (Å²) >= 11 is 0.968. The molecule has 0 aliphatic heterocycles. The Morgan fingerprint density at radius 2 is 2.11 bits per heavy atom. The minimum Gasteiger partial charge on any atom is -0.462 e. The maximum Gasteiger partial charge on any atom is 0.420 e. The number of carbonyl (C=O) groups excluding carboxylic acids is 2. The largest absolute Gasteiger partial charge is 0.462 e. The number of rotatable bonds is 5. The number of thiophene rings is 1. The van der Waals surface area contributed by atoms with E-state index in [0.717, 1.165) is 11.3 Å². The number of esters is 1. The molecule has 0 bridgehead atoms. The first-order valence-corrected chi connectivity index (χ1v) is 8.86. The zero-order valence-electron chi connectivity index (χ0n) is 14.6. The van der Waals surface area contributed by atoms with Gasteiger partial charge in [0, 0.05) is 0 Å². The summed E-state index contributed by atoms with van der Waals surface area (Å²) in [6.45, 7) is 3.22. The quantitative estimate of drug-likeness (QED) is 0.675. The second-order valence-electron chi connectivity index (χ2n) is 5.56. The number of hydrogen-bond donors (Lipinski definition) is 1. The third kappa shape index (κ3) is 3.47. The van der Waals surface area contributed by atoms with Crippen molar-refractivity contribution in [3.05, 3.63) is 50.8 Å². The molecule has 0 saturated heterocycles. The third-order valence-corrected chi connectivity index (χ3v) is 5.04. The van der Waals surface area contributed by atoms with Gasteiger partial charge in [0.2, 0.25) is 5.91 Å². The fourth-order valence-electron chi connectivity index (χ4n) is 2.60. The van der Waals surface area contributed by atoms with E-state index in [1.165, 1.54) is 4.57 Å². The van der Waals surface area contributed by atoms with Crippen LogP contribution in [0.15, 0.2) is 33.5 Å². The molecule has 27 heavy (non-hydrogen) atoms. The summed E-state index contributed by atoms with van der Waals surface area (Å²) in [4.78, 5) is 36.7. The van der Waals surface area contributed by atoms with Crippen LogP contribution >= 0.6 is 11.3 Å². The Kier molecular flexibility index (Phi) is 5.09. The summed E-state index contributed by atoms with van der Waals surface area (Å²) < 4.78 is 11.3. The van der Waals surface area contributed by atoms with Crippen LogP contribution < -0.4 is 11.1 Å². The topological polar surface area (TPSA) is 114 Å². The van der Waals surface area contributed by atoms with Gasteiger partial charge in [-0.15, -0.1) is 11.3 Å². The number of nitrogens with one attached hydrogen (secondary N) is 1. The highest BCUT2D eigenvalue weighted by molar-refractivity contribution is 7.18. The maximum atomic E-state index is 12.4. The molecular formula is C18H15N3O5S. The van der Waals surface area contributed by atoms with Crippen molar-refractivity contribution in [3.63, 3.8) is 0 Å². The molecule has 2 aromatic heterocycles. The van der Waals surface area contributed by atoms with Crippen LogP contribution in [-0.2, 0) is 16.1 Å².